The quantitative estimate of drug-likeness (QED) is 0.422. The fourth-order valence-corrected chi connectivity index (χ4v) is 4.37. The monoisotopic (exact) mass is 490 g/mol. The zero-order chi connectivity index (χ0) is 25.8. The van der Waals surface area contributed by atoms with Gasteiger partial charge in [0.15, 0.2) is 0 Å². The molecular weight excluding hydrogens is 464 g/mol. The molecule has 0 saturated carbocycles. The number of likely N-dealkylation sites (tertiary alicyclic amines) is 1. The molecular formula is C29H26N6O2. The van der Waals surface area contributed by atoms with Crippen molar-refractivity contribution < 1.29 is 9.53 Å². The second-order valence-corrected chi connectivity index (χ2v) is 8.92. The number of aromatic nitrogens is 4. The normalized spacial score (nSPS) is 14.9. The summed E-state index contributed by atoms with van der Waals surface area (Å²) < 4.78 is 8.10. The summed E-state index contributed by atoms with van der Waals surface area (Å²) in [5.74, 6) is 10.3. The summed E-state index contributed by atoms with van der Waals surface area (Å²) in [7, 11) is 1.96. The van der Waals surface area contributed by atoms with Gasteiger partial charge in [0.2, 0.25) is 0 Å². The van der Waals surface area contributed by atoms with Crippen LogP contribution in [0.2, 0.25) is 0 Å². The van der Waals surface area contributed by atoms with Crippen LogP contribution in [-0.4, -0.2) is 42.9 Å². The van der Waals surface area contributed by atoms with Gasteiger partial charge in [0, 0.05) is 31.5 Å². The van der Waals surface area contributed by atoms with E-state index >= 15 is 0 Å². The topological polar surface area (TPSA) is 85.2 Å². The zero-order valence-electron chi connectivity index (χ0n) is 20.7. The fraction of sp³-hybridized carbons (Fsp3) is 0.241. The number of carbonyl (C=O) groups excluding carboxylic acids is 1. The first-order valence-corrected chi connectivity index (χ1v) is 12.1. The van der Waals surface area contributed by atoms with Crippen molar-refractivity contribution in [1.82, 2.24) is 24.4 Å². The van der Waals surface area contributed by atoms with Crippen LogP contribution in [0.5, 0.6) is 11.5 Å². The Balaban J connectivity index is 1.33. The molecule has 1 aliphatic heterocycles. The molecule has 184 valence electrons. The Kier molecular flexibility index (Phi) is 6.74. The molecule has 1 amide bonds. The number of nitrogens with one attached hydrogen (secondary N) is 1. The maximum absolute atomic E-state index is 12.1. The van der Waals surface area contributed by atoms with Crippen molar-refractivity contribution in [3.05, 3.63) is 66.4 Å². The standard InChI is InChI=1S/C29H26N6O2/c1-4-28(36)35-14-6-5-7-23(35)10-8-21-17-30-18-31-29(21)33-22-9-13-27(20(2)15-22)37-24-11-12-26-25(16-24)32-19-34(26)3/h1,9,11-13,15-19,23H,5-7,14H2,2-3H3,(H,30,31,33). The second-order valence-electron chi connectivity index (χ2n) is 8.92. The van der Waals surface area contributed by atoms with Gasteiger partial charge in [0.05, 0.1) is 29.0 Å². The van der Waals surface area contributed by atoms with Crippen molar-refractivity contribution in [3.8, 4) is 35.7 Å². The van der Waals surface area contributed by atoms with Gasteiger partial charge in [0.25, 0.3) is 5.91 Å². The third-order valence-electron chi connectivity index (χ3n) is 6.34. The summed E-state index contributed by atoms with van der Waals surface area (Å²) in [6.07, 6.45) is 13.0. The summed E-state index contributed by atoms with van der Waals surface area (Å²) in [6, 6.07) is 11.5. The number of nitrogens with zero attached hydrogens (tertiary/aromatic N) is 5. The van der Waals surface area contributed by atoms with Gasteiger partial charge >= 0.3 is 0 Å². The number of benzene rings is 2. The van der Waals surface area contributed by atoms with Crippen LogP contribution in [0.4, 0.5) is 11.5 Å². The first kappa shape index (κ1) is 23.9. The third kappa shape index (κ3) is 5.24. The maximum atomic E-state index is 12.1. The number of hydrogen-bond acceptors (Lipinski definition) is 6. The molecule has 5 rings (SSSR count). The lowest BCUT2D eigenvalue weighted by atomic mass is 10.0. The smallest absolute Gasteiger partial charge is 0.299 e. The van der Waals surface area contributed by atoms with Gasteiger partial charge in [-0.2, -0.15) is 0 Å². The molecule has 0 aliphatic carbocycles. The van der Waals surface area contributed by atoms with Crippen molar-refractivity contribution in [2.75, 3.05) is 11.9 Å². The minimum atomic E-state index is -0.320. The first-order chi connectivity index (χ1) is 18.0. The molecule has 1 unspecified atom stereocenters. The van der Waals surface area contributed by atoms with Crippen LogP contribution in [0.1, 0.15) is 30.4 Å². The molecule has 3 heterocycles. The van der Waals surface area contributed by atoms with Crippen molar-refractivity contribution in [3.63, 3.8) is 0 Å². The number of imidazole rings is 1. The number of terminal acetylenes is 1. The molecule has 1 aliphatic rings. The average molecular weight is 491 g/mol. The molecule has 0 spiro atoms. The van der Waals surface area contributed by atoms with Gasteiger partial charge in [-0.05, 0) is 68.0 Å². The number of aryl methyl sites for hydroxylation is 2. The van der Waals surface area contributed by atoms with Crippen molar-refractivity contribution in [2.24, 2.45) is 7.05 Å². The fourth-order valence-electron chi connectivity index (χ4n) is 4.37. The van der Waals surface area contributed by atoms with E-state index < -0.39 is 0 Å². The molecule has 37 heavy (non-hydrogen) atoms. The van der Waals surface area contributed by atoms with Crippen LogP contribution in [0.15, 0.2) is 55.2 Å². The third-order valence-corrected chi connectivity index (χ3v) is 6.34. The molecule has 8 heteroatoms. The Bertz CT molecular complexity index is 1570. The molecule has 1 saturated heterocycles. The van der Waals surface area contributed by atoms with Crippen LogP contribution in [-0.2, 0) is 11.8 Å². The van der Waals surface area contributed by atoms with Gasteiger partial charge in [-0.15, -0.1) is 6.42 Å². The number of anilines is 2. The number of rotatable bonds is 4. The Hall–Kier alpha value is -4.82. The summed E-state index contributed by atoms with van der Waals surface area (Å²) in [4.78, 5) is 26.7. The van der Waals surface area contributed by atoms with Gasteiger partial charge in [-0.25, -0.2) is 15.0 Å². The molecule has 0 radical (unpaired) electrons. The minimum Gasteiger partial charge on any atom is -0.457 e. The molecule has 8 nitrogen and oxygen atoms in total. The van der Waals surface area contributed by atoms with Crippen molar-refractivity contribution in [1.29, 1.82) is 0 Å². The van der Waals surface area contributed by atoms with Crippen molar-refractivity contribution in [2.45, 2.75) is 32.2 Å². The Morgan fingerprint density at radius 3 is 2.92 bits per heavy atom. The van der Waals surface area contributed by atoms with Crippen molar-refractivity contribution >= 4 is 28.4 Å². The molecule has 1 N–H and O–H groups in total. The lowest BCUT2D eigenvalue weighted by Gasteiger charge is -2.30. The van der Waals surface area contributed by atoms with Crippen LogP contribution in [0.25, 0.3) is 11.0 Å². The van der Waals surface area contributed by atoms with Gasteiger partial charge in [-0.3, -0.25) is 4.79 Å². The summed E-state index contributed by atoms with van der Waals surface area (Å²) in [5.41, 5.74) is 4.37. The lowest BCUT2D eigenvalue weighted by molar-refractivity contribution is -0.127. The lowest BCUT2D eigenvalue weighted by Crippen LogP contribution is -2.42. The van der Waals surface area contributed by atoms with E-state index in [0.29, 0.717) is 17.9 Å². The molecule has 1 fully saturated rings. The van der Waals surface area contributed by atoms with E-state index in [9.17, 15) is 4.79 Å². The number of piperidine rings is 1. The van der Waals surface area contributed by atoms with E-state index in [-0.39, 0.29) is 11.9 Å². The SMILES string of the molecule is C#CC(=O)N1CCCCC1C#Cc1cncnc1Nc1ccc(Oc2ccc3c(c2)ncn3C)c(C)c1. The van der Waals surface area contributed by atoms with E-state index in [1.54, 1.807) is 17.4 Å². The van der Waals surface area contributed by atoms with E-state index in [0.717, 1.165) is 53.0 Å². The first-order valence-electron chi connectivity index (χ1n) is 12.1. The van der Waals surface area contributed by atoms with E-state index in [4.69, 9.17) is 11.2 Å². The highest BCUT2D eigenvalue weighted by Crippen LogP contribution is 2.30. The van der Waals surface area contributed by atoms with Crippen LogP contribution < -0.4 is 10.1 Å². The molecule has 4 aromatic rings. The molecule has 1 atom stereocenters. The zero-order valence-corrected chi connectivity index (χ0v) is 20.7. The predicted molar refractivity (Wildman–Crippen MR) is 142 cm³/mol. The Morgan fingerprint density at radius 1 is 1.19 bits per heavy atom. The van der Waals surface area contributed by atoms with E-state index in [1.807, 2.05) is 54.9 Å². The van der Waals surface area contributed by atoms with Crippen LogP contribution >= 0.6 is 0 Å². The maximum Gasteiger partial charge on any atom is 0.299 e. The highest BCUT2D eigenvalue weighted by Gasteiger charge is 2.24. The largest absolute Gasteiger partial charge is 0.457 e. The molecule has 0 bridgehead atoms. The number of fused-ring (bicyclic) bond motifs is 1. The number of ether oxygens (including phenoxy) is 1. The molecule has 2 aromatic carbocycles. The highest BCUT2D eigenvalue weighted by atomic mass is 16.5. The van der Waals surface area contributed by atoms with Gasteiger partial charge in [-0.1, -0.05) is 11.8 Å². The van der Waals surface area contributed by atoms with E-state index in [1.165, 1.54) is 6.33 Å². The second kappa shape index (κ2) is 10.4. The van der Waals surface area contributed by atoms with Crippen LogP contribution in [0, 0.1) is 31.1 Å². The van der Waals surface area contributed by atoms with Gasteiger partial charge in [0.1, 0.15) is 23.6 Å². The minimum absolute atomic E-state index is 0.214. The Labute approximate surface area is 215 Å². The summed E-state index contributed by atoms with van der Waals surface area (Å²) in [5, 5.41) is 3.33. The highest BCUT2D eigenvalue weighted by molar-refractivity contribution is 5.93. The van der Waals surface area contributed by atoms with Gasteiger partial charge < -0.3 is 19.5 Å². The Morgan fingerprint density at radius 2 is 2.08 bits per heavy atom. The predicted octanol–water partition coefficient (Wildman–Crippen LogP) is 4.57. The summed E-state index contributed by atoms with van der Waals surface area (Å²) >= 11 is 0. The number of carbonyl (C=O) groups is 1. The van der Waals surface area contributed by atoms with Crippen LogP contribution in [0.3, 0.4) is 0 Å². The average Bonchev–Trinajstić information content (AvgIpc) is 3.29. The summed E-state index contributed by atoms with van der Waals surface area (Å²) in [6.45, 7) is 2.61. The number of amides is 1. The van der Waals surface area contributed by atoms with E-state index in [2.05, 4.69) is 38.0 Å². The number of hydrogen-bond donors (Lipinski definition) is 1. The molecule has 2 aromatic heterocycles.